The van der Waals surface area contributed by atoms with Crippen LogP contribution in [0.3, 0.4) is 0 Å². The van der Waals surface area contributed by atoms with Crippen LogP contribution in [0, 0.1) is 5.82 Å². The molecule has 1 aromatic carbocycles. The molecule has 3 aromatic rings. The van der Waals surface area contributed by atoms with Crippen LogP contribution in [-0.2, 0) is 4.74 Å². The van der Waals surface area contributed by atoms with E-state index in [1.54, 1.807) is 43.6 Å². The SMILES string of the molecule is CCOC(=O)c1nc(-c2cccnc2)c(-c2ccc(F)cc2)o1. The maximum atomic E-state index is 13.1. The van der Waals surface area contributed by atoms with Crippen molar-refractivity contribution in [2.75, 3.05) is 6.61 Å². The molecule has 0 saturated carbocycles. The normalized spacial score (nSPS) is 10.5. The van der Waals surface area contributed by atoms with Crippen molar-refractivity contribution >= 4 is 5.97 Å². The quantitative estimate of drug-likeness (QED) is 0.687. The Kier molecular flexibility index (Phi) is 4.14. The van der Waals surface area contributed by atoms with Crippen molar-refractivity contribution in [1.29, 1.82) is 0 Å². The number of halogens is 1. The predicted molar refractivity (Wildman–Crippen MR) is 81.1 cm³/mol. The number of carbonyl (C=O) groups is 1. The summed E-state index contributed by atoms with van der Waals surface area (Å²) in [7, 11) is 0. The summed E-state index contributed by atoms with van der Waals surface area (Å²) in [4.78, 5) is 20.1. The van der Waals surface area contributed by atoms with Crippen LogP contribution in [0.1, 0.15) is 17.6 Å². The Labute approximate surface area is 131 Å². The van der Waals surface area contributed by atoms with Crippen LogP contribution in [0.25, 0.3) is 22.6 Å². The first-order valence-corrected chi connectivity index (χ1v) is 7.03. The van der Waals surface area contributed by atoms with E-state index in [0.29, 0.717) is 22.6 Å². The second-order valence-electron chi connectivity index (χ2n) is 4.67. The number of rotatable bonds is 4. The third-order valence-electron chi connectivity index (χ3n) is 3.12. The lowest BCUT2D eigenvalue weighted by atomic mass is 10.1. The molecule has 5 nitrogen and oxygen atoms in total. The maximum absolute atomic E-state index is 13.1. The third-order valence-corrected chi connectivity index (χ3v) is 3.12. The zero-order chi connectivity index (χ0) is 16.2. The Bertz CT molecular complexity index is 814. The van der Waals surface area contributed by atoms with Crippen molar-refractivity contribution in [3.63, 3.8) is 0 Å². The Morgan fingerprint density at radius 2 is 2.00 bits per heavy atom. The van der Waals surface area contributed by atoms with E-state index in [1.807, 2.05) is 0 Å². The van der Waals surface area contributed by atoms with Gasteiger partial charge in [0.1, 0.15) is 11.5 Å². The Hall–Kier alpha value is -3.02. The van der Waals surface area contributed by atoms with Crippen molar-refractivity contribution in [2.45, 2.75) is 6.92 Å². The van der Waals surface area contributed by atoms with Crippen LogP contribution in [0.15, 0.2) is 53.2 Å². The summed E-state index contributed by atoms with van der Waals surface area (Å²) in [6.45, 7) is 1.92. The summed E-state index contributed by atoms with van der Waals surface area (Å²) in [5.74, 6) is -0.793. The summed E-state index contributed by atoms with van der Waals surface area (Å²) in [5.41, 5.74) is 1.74. The number of aromatic nitrogens is 2. The molecule has 0 spiro atoms. The highest BCUT2D eigenvalue weighted by atomic mass is 19.1. The number of ether oxygens (including phenoxy) is 1. The number of hydrogen-bond donors (Lipinski definition) is 0. The minimum absolute atomic E-state index is 0.148. The number of hydrogen-bond acceptors (Lipinski definition) is 5. The molecule has 0 radical (unpaired) electrons. The fourth-order valence-electron chi connectivity index (χ4n) is 2.10. The van der Waals surface area contributed by atoms with Gasteiger partial charge in [0.2, 0.25) is 0 Å². The minimum Gasteiger partial charge on any atom is -0.459 e. The first-order chi connectivity index (χ1) is 11.2. The molecule has 0 fully saturated rings. The summed E-state index contributed by atoms with van der Waals surface area (Å²) < 4.78 is 23.6. The third kappa shape index (κ3) is 3.11. The molecule has 0 bridgehead atoms. The van der Waals surface area contributed by atoms with Crippen LogP contribution in [-0.4, -0.2) is 22.5 Å². The van der Waals surface area contributed by atoms with Gasteiger partial charge in [0.15, 0.2) is 5.76 Å². The fourth-order valence-corrected chi connectivity index (χ4v) is 2.10. The molecule has 0 aliphatic heterocycles. The van der Waals surface area contributed by atoms with Gasteiger partial charge in [0, 0.05) is 23.5 Å². The first-order valence-electron chi connectivity index (χ1n) is 7.03. The molecule has 0 N–H and O–H groups in total. The zero-order valence-corrected chi connectivity index (χ0v) is 12.3. The lowest BCUT2D eigenvalue weighted by Gasteiger charge is -2.01. The van der Waals surface area contributed by atoms with Gasteiger partial charge < -0.3 is 9.15 Å². The topological polar surface area (TPSA) is 65.2 Å². The van der Waals surface area contributed by atoms with E-state index in [4.69, 9.17) is 9.15 Å². The largest absolute Gasteiger partial charge is 0.459 e. The van der Waals surface area contributed by atoms with E-state index in [1.165, 1.54) is 12.1 Å². The standard InChI is InChI=1S/C17H13FN2O3/c1-2-22-17(21)16-20-14(12-4-3-9-19-10-12)15(23-16)11-5-7-13(18)8-6-11/h3-10H,2H2,1H3. The van der Waals surface area contributed by atoms with Crippen molar-refractivity contribution < 1.29 is 18.3 Å². The molecule has 6 heteroatoms. The second-order valence-corrected chi connectivity index (χ2v) is 4.67. The van der Waals surface area contributed by atoms with Gasteiger partial charge in [0.25, 0.3) is 0 Å². The molecule has 116 valence electrons. The number of esters is 1. The van der Waals surface area contributed by atoms with Gasteiger partial charge in [-0.2, -0.15) is 0 Å². The zero-order valence-electron chi connectivity index (χ0n) is 12.3. The van der Waals surface area contributed by atoms with Crippen LogP contribution in [0.2, 0.25) is 0 Å². The molecule has 0 amide bonds. The van der Waals surface area contributed by atoms with E-state index >= 15 is 0 Å². The van der Waals surface area contributed by atoms with E-state index in [9.17, 15) is 9.18 Å². The number of carbonyl (C=O) groups excluding carboxylic acids is 1. The molecule has 2 aromatic heterocycles. The number of nitrogens with zero attached hydrogens (tertiary/aromatic N) is 2. The number of oxazole rings is 1. The molecule has 0 aliphatic carbocycles. The summed E-state index contributed by atoms with van der Waals surface area (Å²) in [6, 6.07) is 9.30. The second kappa shape index (κ2) is 6.39. The first kappa shape index (κ1) is 14.9. The van der Waals surface area contributed by atoms with Crippen LogP contribution >= 0.6 is 0 Å². The van der Waals surface area contributed by atoms with Gasteiger partial charge >= 0.3 is 11.9 Å². The monoisotopic (exact) mass is 312 g/mol. The average molecular weight is 312 g/mol. The smallest absolute Gasteiger partial charge is 0.394 e. The Morgan fingerprint density at radius 1 is 1.22 bits per heavy atom. The van der Waals surface area contributed by atoms with Gasteiger partial charge in [0.05, 0.1) is 6.61 Å². The van der Waals surface area contributed by atoms with E-state index in [-0.39, 0.29) is 18.3 Å². The van der Waals surface area contributed by atoms with Crippen molar-refractivity contribution in [3.05, 3.63) is 60.5 Å². The highest BCUT2D eigenvalue weighted by Gasteiger charge is 2.22. The van der Waals surface area contributed by atoms with Gasteiger partial charge in [-0.15, -0.1) is 0 Å². The molecular formula is C17H13FN2O3. The van der Waals surface area contributed by atoms with Crippen LogP contribution in [0.5, 0.6) is 0 Å². The molecule has 0 saturated heterocycles. The van der Waals surface area contributed by atoms with Gasteiger partial charge in [-0.25, -0.2) is 14.2 Å². The number of pyridine rings is 1. The van der Waals surface area contributed by atoms with Gasteiger partial charge in [-0.1, -0.05) is 0 Å². The summed E-state index contributed by atoms with van der Waals surface area (Å²) in [6.07, 6.45) is 3.24. The van der Waals surface area contributed by atoms with Crippen LogP contribution in [0.4, 0.5) is 4.39 Å². The highest BCUT2D eigenvalue weighted by Crippen LogP contribution is 2.32. The van der Waals surface area contributed by atoms with E-state index < -0.39 is 5.97 Å². The Morgan fingerprint density at radius 3 is 2.65 bits per heavy atom. The predicted octanol–water partition coefficient (Wildman–Crippen LogP) is 3.72. The summed E-state index contributed by atoms with van der Waals surface area (Å²) in [5, 5.41) is 0. The molecule has 0 aliphatic rings. The van der Waals surface area contributed by atoms with Crippen molar-refractivity contribution in [2.24, 2.45) is 0 Å². The molecule has 2 heterocycles. The molecule has 0 atom stereocenters. The summed E-state index contributed by atoms with van der Waals surface area (Å²) >= 11 is 0. The van der Waals surface area contributed by atoms with Crippen LogP contribution < -0.4 is 0 Å². The van der Waals surface area contributed by atoms with E-state index in [0.717, 1.165) is 0 Å². The average Bonchev–Trinajstić information content (AvgIpc) is 3.02. The molecule has 0 unspecified atom stereocenters. The molecule has 23 heavy (non-hydrogen) atoms. The minimum atomic E-state index is -0.647. The maximum Gasteiger partial charge on any atom is 0.394 e. The fraction of sp³-hybridized carbons (Fsp3) is 0.118. The molecular weight excluding hydrogens is 299 g/mol. The Balaban J connectivity index is 2.12. The van der Waals surface area contributed by atoms with Crippen molar-refractivity contribution in [1.82, 2.24) is 9.97 Å². The van der Waals surface area contributed by atoms with E-state index in [2.05, 4.69) is 9.97 Å². The van der Waals surface area contributed by atoms with Gasteiger partial charge in [-0.05, 0) is 43.3 Å². The van der Waals surface area contributed by atoms with Gasteiger partial charge in [-0.3, -0.25) is 4.98 Å². The lowest BCUT2D eigenvalue weighted by molar-refractivity contribution is 0.0482. The lowest BCUT2D eigenvalue weighted by Crippen LogP contribution is -2.04. The van der Waals surface area contributed by atoms with Crippen molar-refractivity contribution in [3.8, 4) is 22.6 Å². The number of benzene rings is 1. The highest BCUT2D eigenvalue weighted by molar-refractivity contribution is 5.87. The molecule has 3 rings (SSSR count).